The lowest BCUT2D eigenvalue weighted by Gasteiger charge is -2.26. The summed E-state index contributed by atoms with van der Waals surface area (Å²) in [6.45, 7) is 2.30. The van der Waals surface area contributed by atoms with E-state index in [4.69, 9.17) is 0 Å². The fourth-order valence-corrected chi connectivity index (χ4v) is 3.92. The van der Waals surface area contributed by atoms with Gasteiger partial charge >= 0.3 is 0 Å². The smallest absolute Gasteiger partial charge is 0.246 e. The number of rotatable bonds is 4. The Morgan fingerprint density at radius 1 is 1.33 bits per heavy atom. The highest BCUT2D eigenvalue weighted by Gasteiger charge is 2.30. The van der Waals surface area contributed by atoms with Crippen LogP contribution in [0.2, 0.25) is 0 Å². The number of nitrogens with one attached hydrogen (secondary N) is 1. The van der Waals surface area contributed by atoms with Gasteiger partial charge in [0.15, 0.2) is 5.82 Å². The molecule has 4 nitrogen and oxygen atoms in total. The molecular formula is C14H18F2N2O2S. The van der Waals surface area contributed by atoms with Crippen LogP contribution in [0.15, 0.2) is 28.7 Å². The minimum absolute atomic E-state index is 0.0695. The maximum Gasteiger partial charge on any atom is 0.246 e. The molecule has 7 heteroatoms. The van der Waals surface area contributed by atoms with Gasteiger partial charge in [0.05, 0.1) is 0 Å². The van der Waals surface area contributed by atoms with Crippen LogP contribution in [0.1, 0.15) is 18.9 Å². The molecule has 116 valence electrons. The Labute approximate surface area is 123 Å². The average Bonchev–Trinajstić information content (AvgIpc) is 2.43. The molecule has 1 N–H and O–H groups in total. The zero-order valence-electron chi connectivity index (χ0n) is 12.0. The third-order valence-electron chi connectivity index (χ3n) is 3.42. The normalized spacial score (nSPS) is 16.9. The summed E-state index contributed by atoms with van der Waals surface area (Å²) in [5.41, 5.74) is 0.658. The summed E-state index contributed by atoms with van der Waals surface area (Å²) >= 11 is 0. The van der Waals surface area contributed by atoms with Crippen LogP contribution in [-0.4, -0.2) is 32.9 Å². The number of sulfonamides is 1. The van der Waals surface area contributed by atoms with Gasteiger partial charge < -0.3 is 5.32 Å². The van der Waals surface area contributed by atoms with Crippen molar-refractivity contribution in [2.75, 3.05) is 20.1 Å². The Bertz CT molecular complexity index is 672. The van der Waals surface area contributed by atoms with Crippen LogP contribution in [0.5, 0.6) is 0 Å². The third kappa shape index (κ3) is 3.14. The van der Waals surface area contributed by atoms with Gasteiger partial charge in [0.2, 0.25) is 10.0 Å². The average molecular weight is 316 g/mol. The third-order valence-corrected chi connectivity index (χ3v) is 5.28. The summed E-state index contributed by atoms with van der Waals surface area (Å²) in [5.74, 6) is -1.77. The zero-order chi connectivity index (χ0) is 15.6. The van der Waals surface area contributed by atoms with Gasteiger partial charge in [-0.25, -0.2) is 17.2 Å². The van der Waals surface area contributed by atoms with Crippen molar-refractivity contribution in [3.05, 3.63) is 41.0 Å². The lowest BCUT2D eigenvalue weighted by molar-refractivity contribution is 0.422. The van der Waals surface area contributed by atoms with Gasteiger partial charge in [0.1, 0.15) is 10.7 Å². The van der Waals surface area contributed by atoms with Crippen LogP contribution < -0.4 is 5.32 Å². The van der Waals surface area contributed by atoms with Gasteiger partial charge in [-0.2, -0.15) is 4.31 Å². The van der Waals surface area contributed by atoms with E-state index >= 15 is 0 Å². The first-order chi connectivity index (χ1) is 9.87. The van der Waals surface area contributed by atoms with E-state index in [1.807, 2.05) is 13.0 Å². The lowest BCUT2D eigenvalue weighted by Crippen LogP contribution is -2.36. The van der Waals surface area contributed by atoms with Crippen molar-refractivity contribution in [2.24, 2.45) is 0 Å². The molecule has 0 fully saturated rings. The van der Waals surface area contributed by atoms with Crippen molar-refractivity contribution < 1.29 is 17.2 Å². The molecule has 1 heterocycles. The summed E-state index contributed by atoms with van der Waals surface area (Å²) in [6.07, 6.45) is 2.55. The standard InChI is InChI=1S/C14H18F2N2O2S/c1-10-4-3-7-18(9-10)21(19,20)13-6-5-12(15)11(8-17-2)14(13)16/h4-6,17H,3,7-9H2,1-2H3. The Morgan fingerprint density at radius 3 is 2.67 bits per heavy atom. The molecule has 0 amide bonds. The van der Waals surface area contributed by atoms with E-state index < -0.39 is 26.6 Å². The molecule has 0 unspecified atom stereocenters. The molecule has 1 aromatic rings. The second-order valence-corrected chi connectivity index (χ2v) is 6.95. The minimum atomic E-state index is -3.96. The number of nitrogens with zero attached hydrogens (tertiary/aromatic N) is 1. The molecule has 0 radical (unpaired) electrons. The van der Waals surface area contributed by atoms with E-state index in [1.165, 1.54) is 4.31 Å². The van der Waals surface area contributed by atoms with Crippen LogP contribution in [0, 0.1) is 11.6 Å². The van der Waals surface area contributed by atoms with Crippen LogP contribution >= 0.6 is 0 Å². The van der Waals surface area contributed by atoms with E-state index in [-0.39, 0.29) is 18.7 Å². The van der Waals surface area contributed by atoms with E-state index in [2.05, 4.69) is 5.32 Å². The highest BCUT2D eigenvalue weighted by atomic mass is 32.2. The first kappa shape index (κ1) is 16.1. The van der Waals surface area contributed by atoms with Crippen LogP contribution in [0.25, 0.3) is 0 Å². The van der Waals surface area contributed by atoms with E-state index in [1.54, 1.807) is 7.05 Å². The first-order valence-corrected chi connectivity index (χ1v) is 8.09. The van der Waals surface area contributed by atoms with Gasteiger partial charge in [-0.05, 0) is 32.5 Å². The second kappa shape index (κ2) is 6.21. The van der Waals surface area contributed by atoms with E-state index in [0.29, 0.717) is 13.0 Å². The molecule has 0 aromatic heterocycles. The van der Waals surface area contributed by atoms with Gasteiger partial charge in [0.25, 0.3) is 0 Å². The predicted molar refractivity (Wildman–Crippen MR) is 76.3 cm³/mol. The predicted octanol–water partition coefficient (Wildman–Crippen LogP) is 2.02. The molecule has 2 rings (SSSR count). The molecule has 1 aliphatic heterocycles. The minimum Gasteiger partial charge on any atom is -0.315 e. The number of benzene rings is 1. The van der Waals surface area contributed by atoms with Gasteiger partial charge in [-0.15, -0.1) is 0 Å². The highest BCUT2D eigenvalue weighted by Crippen LogP contribution is 2.26. The van der Waals surface area contributed by atoms with Gasteiger partial charge in [-0.3, -0.25) is 0 Å². The van der Waals surface area contributed by atoms with Crippen molar-refractivity contribution in [2.45, 2.75) is 24.8 Å². The molecular weight excluding hydrogens is 298 g/mol. The molecule has 1 aliphatic rings. The Hall–Kier alpha value is -1.31. The topological polar surface area (TPSA) is 49.4 Å². The maximum atomic E-state index is 14.4. The number of hydrogen-bond acceptors (Lipinski definition) is 3. The van der Waals surface area contributed by atoms with E-state index in [0.717, 1.165) is 17.7 Å². The molecule has 0 spiro atoms. The molecule has 0 saturated carbocycles. The molecule has 0 atom stereocenters. The summed E-state index contributed by atoms with van der Waals surface area (Å²) < 4.78 is 54.3. The summed E-state index contributed by atoms with van der Waals surface area (Å²) in [7, 11) is -2.42. The number of halogens is 2. The summed E-state index contributed by atoms with van der Waals surface area (Å²) in [5, 5.41) is 2.63. The van der Waals surface area contributed by atoms with E-state index in [9.17, 15) is 17.2 Å². The molecule has 21 heavy (non-hydrogen) atoms. The van der Waals surface area contributed by atoms with Crippen LogP contribution in [-0.2, 0) is 16.6 Å². The lowest BCUT2D eigenvalue weighted by atomic mass is 10.2. The Balaban J connectivity index is 2.46. The second-order valence-electron chi connectivity index (χ2n) is 5.05. The molecule has 0 aliphatic carbocycles. The fraction of sp³-hybridized carbons (Fsp3) is 0.429. The van der Waals surface area contributed by atoms with Crippen LogP contribution in [0.4, 0.5) is 8.78 Å². The van der Waals surface area contributed by atoms with Gasteiger partial charge in [-0.1, -0.05) is 11.6 Å². The van der Waals surface area contributed by atoms with Crippen molar-refractivity contribution in [1.29, 1.82) is 0 Å². The fourth-order valence-electron chi connectivity index (χ4n) is 2.34. The van der Waals surface area contributed by atoms with Gasteiger partial charge in [0, 0.05) is 25.2 Å². The zero-order valence-corrected chi connectivity index (χ0v) is 12.8. The van der Waals surface area contributed by atoms with Crippen molar-refractivity contribution in [1.82, 2.24) is 9.62 Å². The summed E-state index contributed by atoms with van der Waals surface area (Å²) in [4.78, 5) is -0.469. The summed E-state index contributed by atoms with van der Waals surface area (Å²) in [6, 6.07) is 1.99. The SMILES string of the molecule is CNCc1c(F)ccc(S(=O)(=O)N2CCC=C(C)C2)c1F. The Morgan fingerprint density at radius 2 is 2.05 bits per heavy atom. The highest BCUT2D eigenvalue weighted by molar-refractivity contribution is 7.89. The number of hydrogen-bond donors (Lipinski definition) is 1. The molecule has 0 bridgehead atoms. The molecule has 1 aromatic carbocycles. The first-order valence-electron chi connectivity index (χ1n) is 6.65. The molecule has 0 saturated heterocycles. The van der Waals surface area contributed by atoms with Crippen molar-refractivity contribution >= 4 is 10.0 Å². The maximum absolute atomic E-state index is 14.4. The van der Waals surface area contributed by atoms with Crippen LogP contribution in [0.3, 0.4) is 0 Å². The quantitative estimate of drug-likeness (QED) is 0.865. The monoisotopic (exact) mass is 316 g/mol. The Kier molecular flexibility index (Phi) is 4.75. The van der Waals surface area contributed by atoms with Crippen molar-refractivity contribution in [3.63, 3.8) is 0 Å². The van der Waals surface area contributed by atoms with Crippen molar-refractivity contribution in [3.8, 4) is 0 Å². The largest absolute Gasteiger partial charge is 0.315 e.